The van der Waals surface area contributed by atoms with Crippen LogP contribution >= 0.6 is 0 Å². The van der Waals surface area contributed by atoms with Crippen molar-refractivity contribution in [2.75, 3.05) is 19.8 Å². The van der Waals surface area contributed by atoms with Crippen LogP contribution in [-0.4, -0.2) is 186 Å². The zero-order valence-corrected chi connectivity index (χ0v) is 24.6. The molecule has 16 atom stereocenters. The van der Waals surface area contributed by atoms with Gasteiger partial charge in [0, 0.05) is 20.3 Å². The number of nitrogens with one attached hydrogen (secondary N) is 2. The molecule has 3 fully saturated rings. The Balaban J connectivity index is 1.83. The third-order valence-electron chi connectivity index (χ3n) is 7.85. The molecular formula is C25H41N2O19-. The minimum atomic E-state index is -2.95. The van der Waals surface area contributed by atoms with Crippen molar-refractivity contribution < 1.29 is 94.2 Å². The molecule has 0 aromatic carbocycles. The molecule has 3 aliphatic heterocycles. The molecule has 46 heavy (non-hydrogen) atoms. The van der Waals surface area contributed by atoms with Gasteiger partial charge in [-0.15, -0.1) is 0 Å². The normalized spacial score (nSPS) is 42.9. The summed E-state index contributed by atoms with van der Waals surface area (Å²) in [7, 11) is 0. The van der Waals surface area contributed by atoms with Crippen molar-refractivity contribution in [1.29, 1.82) is 0 Å². The van der Waals surface area contributed by atoms with Crippen LogP contribution in [0.3, 0.4) is 0 Å². The molecule has 0 spiro atoms. The maximum absolute atomic E-state index is 12.3. The van der Waals surface area contributed by atoms with Gasteiger partial charge in [0.15, 0.2) is 12.6 Å². The first-order chi connectivity index (χ1) is 21.5. The predicted molar refractivity (Wildman–Crippen MR) is 139 cm³/mol. The van der Waals surface area contributed by atoms with Crippen molar-refractivity contribution in [3.63, 3.8) is 0 Å². The predicted octanol–water partition coefficient (Wildman–Crippen LogP) is -9.41. The second kappa shape index (κ2) is 15.8. The summed E-state index contributed by atoms with van der Waals surface area (Å²) in [4.78, 5) is 35.6. The molecule has 0 aromatic heterocycles. The van der Waals surface area contributed by atoms with Crippen LogP contribution in [0.1, 0.15) is 20.3 Å². The highest BCUT2D eigenvalue weighted by atomic mass is 16.8. The Labute approximate surface area is 260 Å². The molecular weight excluding hydrogens is 632 g/mol. The van der Waals surface area contributed by atoms with E-state index in [0.29, 0.717) is 0 Å². The van der Waals surface area contributed by atoms with E-state index in [1.54, 1.807) is 0 Å². The number of carbonyl (C=O) groups is 3. The lowest BCUT2D eigenvalue weighted by molar-refractivity contribution is -0.390. The molecule has 0 bridgehead atoms. The van der Waals surface area contributed by atoms with Crippen molar-refractivity contribution in [3.05, 3.63) is 0 Å². The summed E-state index contributed by atoms with van der Waals surface area (Å²) in [5, 5.41) is 120. The van der Waals surface area contributed by atoms with Gasteiger partial charge < -0.3 is 95.3 Å². The van der Waals surface area contributed by atoms with E-state index in [2.05, 4.69) is 10.6 Å². The Morgan fingerprint density at radius 2 is 1.50 bits per heavy atom. The van der Waals surface area contributed by atoms with Crippen molar-refractivity contribution in [2.24, 2.45) is 0 Å². The second-order valence-electron chi connectivity index (χ2n) is 11.3. The van der Waals surface area contributed by atoms with Crippen LogP contribution in [0, 0.1) is 0 Å². The molecule has 3 rings (SSSR count). The van der Waals surface area contributed by atoms with Gasteiger partial charge >= 0.3 is 0 Å². The van der Waals surface area contributed by atoms with E-state index in [4.69, 9.17) is 23.7 Å². The average Bonchev–Trinajstić information content (AvgIpc) is 2.99. The van der Waals surface area contributed by atoms with Crippen LogP contribution in [0.25, 0.3) is 0 Å². The standard InChI is InChI=1S/C25H42N2O19/c1-7(30)26-13-9(32)3-25(24(40)41,46-21(13)15(34)10(33)4-28)42-6-12-16(35)18(37)19(38)23(44-12)45-20-11(5-29)43-22(39)14(17(20)36)27-8(2)31/h9-23,28-29,32-39H,3-6H2,1-2H3,(H,26,30)(H,27,31)(H,40,41)/p-1/t9-,10+,11+,12+,13+,14+,15+,16-,17+,18-,19+,20+,21+,22+,23-,25+/m0/s1. The lowest BCUT2D eigenvalue weighted by Crippen LogP contribution is -2.70. The lowest BCUT2D eigenvalue weighted by Gasteiger charge is -2.50. The van der Waals surface area contributed by atoms with Crippen LogP contribution < -0.4 is 15.7 Å². The van der Waals surface area contributed by atoms with Gasteiger partial charge in [-0.2, -0.15) is 0 Å². The Morgan fingerprint density at radius 3 is 2.04 bits per heavy atom. The fraction of sp³-hybridized carbons (Fsp3) is 0.880. The number of hydrogen-bond donors (Lipinski definition) is 12. The summed E-state index contributed by atoms with van der Waals surface area (Å²) in [5.74, 6) is -6.50. The van der Waals surface area contributed by atoms with Crippen LogP contribution in [-0.2, 0) is 38.1 Å². The third-order valence-corrected chi connectivity index (χ3v) is 7.85. The maximum atomic E-state index is 12.3. The lowest BCUT2D eigenvalue weighted by atomic mass is 9.88. The molecule has 0 radical (unpaired) electrons. The van der Waals surface area contributed by atoms with Crippen LogP contribution in [0.2, 0.25) is 0 Å². The number of ether oxygens (including phenoxy) is 5. The summed E-state index contributed by atoms with van der Waals surface area (Å²) in [6, 6.07) is -2.99. The zero-order chi connectivity index (χ0) is 34.7. The summed E-state index contributed by atoms with van der Waals surface area (Å²) in [6.45, 7) is -0.774. The number of carboxylic acid groups (broad SMARTS) is 1. The average molecular weight is 674 g/mol. The largest absolute Gasteiger partial charge is 0.544 e. The number of aliphatic carboxylic acids is 1. The molecule has 266 valence electrons. The van der Waals surface area contributed by atoms with Gasteiger partial charge in [-0.25, -0.2) is 0 Å². The number of aliphatic hydroxyl groups is 10. The van der Waals surface area contributed by atoms with Crippen LogP contribution in [0.5, 0.6) is 0 Å². The molecule has 21 heteroatoms. The number of aliphatic hydroxyl groups excluding tert-OH is 10. The van der Waals surface area contributed by atoms with Crippen molar-refractivity contribution in [2.45, 2.75) is 118 Å². The van der Waals surface area contributed by atoms with Gasteiger partial charge in [0.1, 0.15) is 73.1 Å². The highest BCUT2D eigenvalue weighted by Gasteiger charge is 2.55. The molecule has 0 unspecified atom stereocenters. The first-order valence-corrected chi connectivity index (χ1v) is 14.2. The Bertz CT molecular complexity index is 1050. The molecule has 2 amide bonds. The minimum Gasteiger partial charge on any atom is -0.544 e. The number of hydrogen-bond acceptors (Lipinski definition) is 19. The maximum Gasteiger partial charge on any atom is 0.217 e. The molecule has 12 N–H and O–H groups in total. The fourth-order valence-corrected chi connectivity index (χ4v) is 5.45. The van der Waals surface area contributed by atoms with Crippen LogP contribution in [0.4, 0.5) is 0 Å². The van der Waals surface area contributed by atoms with E-state index in [9.17, 15) is 70.6 Å². The summed E-state index contributed by atoms with van der Waals surface area (Å²) >= 11 is 0. The topological polar surface area (TPSA) is 347 Å². The van der Waals surface area contributed by atoms with E-state index in [0.717, 1.165) is 13.8 Å². The van der Waals surface area contributed by atoms with E-state index >= 15 is 0 Å². The number of carboxylic acids is 1. The van der Waals surface area contributed by atoms with Gasteiger partial charge in [-0.3, -0.25) is 9.59 Å². The fourth-order valence-electron chi connectivity index (χ4n) is 5.45. The summed E-state index contributed by atoms with van der Waals surface area (Å²) in [6.07, 6.45) is -25.2. The zero-order valence-electron chi connectivity index (χ0n) is 24.6. The smallest absolute Gasteiger partial charge is 0.217 e. The first kappa shape index (κ1) is 38.3. The second-order valence-corrected chi connectivity index (χ2v) is 11.3. The summed E-state index contributed by atoms with van der Waals surface area (Å²) in [5.41, 5.74) is 0. The highest BCUT2D eigenvalue weighted by Crippen LogP contribution is 2.35. The molecule has 3 heterocycles. The van der Waals surface area contributed by atoms with E-state index in [1.165, 1.54) is 0 Å². The monoisotopic (exact) mass is 673 g/mol. The molecule has 21 nitrogen and oxygen atoms in total. The van der Waals surface area contributed by atoms with Gasteiger partial charge in [0.25, 0.3) is 0 Å². The van der Waals surface area contributed by atoms with E-state index in [-0.39, 0.29) is 0 Å². The molecule has 0 aliphatic carbocycles. The Morgan fingerprint density at radius 1 is 0.891 bits per heavy atom. The first-order valence-electron chi connectivity index (χ1n) is 14.2. The number of amides is 2. The van der Waals surface area contributed by atoms with E-state index in [1.807, 2.05) is 0 Å². The molecule has 0 saturated carbocycles. The Hall–Kier alpha value is -2.19. The molecule has 3 saturated heterocycles. The number of carbonyl (C=O) groups excluding carboxylic acids is 3. The quantitative estimate of drug-likeness (QED) is 0.0914. The van der Waals surface area contributed by atoms with Gasteiger partial charge in [0.2, 0.25) is 17.6 Å². The Kier molecular flexibility index (Phi) is 13.1. The third kappa shape index (κ3) is 8.26. The van der Waals surface area contributed by atoms with Gasteiger partial charge in [-0.05, 0) is 0 Å². The van der Waals surface area contributed by atoms with Crippen molar-refractivity contribution >= 4 is 17.8 Å². The van der Waals surface area contributed by atoms with Crippen LogP contribution in [0.15, 0.2) is 0 Å². The summed E-state index contributed by atoms with van der Waals surface area (Å²) < 4.78 is 27.1. The highest BCUT2D eigenvalue weighted by molar-refractivity contribution is 5.75. The van der Waals surface area contributed by atoms with Gasteiger partial charge in [-0.1, -0.05) is 0 Å². The van der Waals surface area contributed by atoms with Crippen molar-refractivity contribution in [1.82, 2.24) is 10.6 Å². The van der Waals surface area contributed by atoms with Gasteiger partial charge in [0.05, 0.1) is 32.0 Å². The van der Waals surface area contributed by atoms with E-state index < -0.39 is 142 Å². The van der Waals surface area contributed by atoms with Crippen molar-refractivity contribution in [3.8, 4) is 0 Å². The minimum absolute atomic E-state index is 0.682. The number of rotatable bonds is 12. The molecule has 0 aromatic rings. The molecule has 3 aliphatic rings. The SMILES string of the molecule is CC(=O)N[C@@H]1[C@@H](O)[C@H](O[C@@H]2O[C@H](CO[C@]3(C(=O)[O-])C[C@H](O)[C@@H](NC(C)=O)[C@H]([C@H](O)[C@H](O)CO)O3)[C@H](O)[C@H](O)[C@H]2O)[C@@H](CO)O[C@H]1O.